The monoisotopic (exact) mass is 231 g/mol. The van der Waals surface area contributed by atoms with Gasteiger partial charge in [0.2, 0.25) is 0 Å². The first-order valence-corrected chi connectivity index (χ1v) is 7.19. The summed E-state index contributed by atoms with van der Waals surface area (Å²) in [5.74, 6) is 0. The van der Waals surface area contributed by atoms with Crippen molar-refractivity contribution in [1.82, 2.24) is 5.32 Å². The molecule has 2 rings (SSSR count). The van der Waals surface area contributed by atoms with Gasteiger partial charge in [-0.05, 0) is 49.8 Å². The summed E-state index contributed by atoms with van der Waals surface area (Å²) < 4.78 is 0. The standard InChI is InChI=1S/C16H25N/c1-2-14-7-9-15(10-8-14)11-12-16-6-4-3-5-13-17-16/h7-10,16-17H,2-6,11-13H2,1H3. The molecule has 1 unspecified atom stereocenters. The molecule has 0 aromatic heterocycles. The molecule has 0 amide bonds. The van der Waals surface area contributed by atoms with E-state index in [1.807, 2.05) is 0 Å². The van der Waals surface area contributed by atoms with Crippen molar-refractivity contribution >= 4 is 0 Å². The maximum absolute atomic E-state index is 3.67. The molecule has 0 saturated carbocycles. The van der Waals surface area contributed by atoms with Crippen molar-refractivity contribution in [3.05, 3.63) is 35.4 Å². The van der Waals surface area contributed by atoms with Gasteiger partial charge in [-0.25, -0.2) is 0 Å². The molecule has 1 nitrogen and oxygen atoms in total. The summed E-state index contributed by atoms with van der Waals surface area (Å²) >= 11 is 0. The SMILES string of the molecule is CCc1ccc(CCC2CCCCCN2)cc1. The fraction of sp³-hybridized carbons (Fsp3) is 0.625. The van der Waals surface area contributed by atoms with E-state index < -0.39 is 0 Å². The molecule has 0 radical (unpaired) electrons. The third kappa shape index (κ3) is 4.16. The second-order valence-electron chi connectivity index (χ2n) is 5.21. The largest absolute Gasteiger partial charge is 0.314 e. The topological polar surface area (TPSA) is 12.0 Å². The van der Waals surface area contributed by atoms with Crippen LogP contribution in [0, 0.1) is 0 Å². The Bertz CT molecular complexity index is 307. The van der Waals surface area contributed by atoms with Crippen molar-refractivity contribution in [2.24, 2.45) is 0 Å². The van der Waals surface area contributed by atoms with Gasteiger partial charge in [-0.3, -0.25) is 0 Å². The van der Waals surface area contributed by atoms with Crippen LogP contribution in [0.25, 0.3) is 0 Å². The smallest absolute Gasteiger partial charge is 0.00702 e. The molecule has 1 heterocycles. The molecular weight excluding hydrogens is 206 g/mol. The molecule has 1 N–H and O–H groups in total. The third-order valence-corrected chi connectivity index (χ3v) is 3.88. The van der Waals surface area contributed by atoms with Gasteiger partial charge in [0, 0.05) is 6.04 Å². The molecule has 0 bridgehead atoms. The predicted molar refractivity (Wildman–Crippen MR) is 74.4 cm³/mol. The highest BCUT2D eigenvalue weighted by atomic mass is 14.9. The molecule has 1 saturated heterocycles. The summed E-state index contributed by atoms with van der Waals surface area (Å²) in [4.78, 5) is 0. The van der Waals surface area contributed by atoms with Gasteiger partial charge in [0.05, 0.1) is 0 Å². The van der Waals surface area contributed by atoms with Crippen molar-refractivity contribution in [2.45, 2.75) is 57.9 Å². The Morgan fingerprint density at radius 1 is 1.06 bits per heavy atom. The Kier molecular flexibility index (Phi) is 5.06. The van der Waals surface area contributed by atoms with Gasteiger partial charge in [0.1, 0.15) is 0 Å². The molecule has 17 heavy (non-hydrogen) atoms. The van der Waals surface area contributed by atoms with E-state index in [1.54, 1.807) is 0 Å². The van der Waals surface area contributed by atoms with Gasteiger partial charge in [-0.15, -0.1) is 0 Å². The minimum atomic E-state index is 0.753. The van der Waals surface area contributed by atoms with E-state index in [-0.39, 0.29) is 0 Å². The van der Waals surface area contributed by atoms with Crippen molar-refractivity contribution in [2.75, 3.05) is 6.54 Å². The maximum atomic E-state index is 3.67. The first-order valence-electron chi connectivity index (χ1n) is 7.19. The molecule has 1 aromatic carbocycles. The van der Waals surface area contributed by atoms with Crippen LogP contribution in [0.5, 0.6) is 0 Å². The molecular formula is C16H25N. The lowest BCUT2D eigenvalue weighted by molar-refractivity contribution is 0.478. The summed E-state index contributed by atoms with van der Waals surface area (Å²) in [6.07, 6.45) is 9.22. The van der Waals surface area contributed by atoms with E-state index in [1.165, 1.54) is 56.2 Å². The quantitative estimate of drug-likeness (QED) is 0.833. The summed E-state index contributed by atoms with van der Waals surface area (Å²) in [5.41, 5.74) is 2.94. The second-order valence-corrected chi connectivity index (χ2v) is 5.21. The number of hydrogen-bond donors (Lipinski definition) is 1. The average Bonchev–Trinajstić information content (AvgIpc) is 2.65. The van der Waals surface area contributed by atoms with Crippen molar-refractivity contribution in [1.29, 1.82) is 0 Å². The lowest BCUT2D eigenvalue weighted by Gasteiger charge is -2.15. The fourth-order valence-corrected chi connectivity index (χ4v) is 2.63. The molecule has 94 valence electrons. The summed E-state index contributed by atoms with van der Waals surface area (Å²) in [6.45, 7) is 3.43. The normalized spacial score (nSPS) is 21.1. The van der Waals surface area contributed by atoms with Crippen LogP contribution in [0.3, 0.4) is 0 Å². The molecule has 1 aliphatic rings. The molecule has 1 aromatic rings. The Balaban J connectivity index is 1.79. The Morgan fingerprint density at radius 3 is 2.59 bits per heavy atom. The van der Waals surface area contributed by atoms with Crippen molar-refractivity contribution in [3.63, 3.8) is 0 Å². The van der Waals surface area contributed by atoms with Crippen molar-refractivity contribution in [3.8, 4) is 0 Å². The van der Waals surface area contributed by atoms with E-state index in [9.17, 15) is 0 Å². The van der Waals surface area contributed by atoms with Crippen LogP contribution in [0.4, 0.5) is 0 Å². The number of hydrogen-bond acceptors (Lipinski definition) is 1. The molecule has 1 heteroatoms. The first-order chi connectivity index (χ1) is 8.38. The third-order valence-electron chi connectivity index (χ3n) is 3.88. The van der Waals surface area contributed by atoms with Crippen LogP contribution in [-0.2, 0) is 12.8 Å². The first kappa shape index (κ1) is 12.6. The fourth-order valence-electron chi connectivity index (χ4n) is 2.63. The van der Waals surface area contributed by atoms with E-state index in [0.29, 0.717) is 0 Å². The number of nitrogens with one attached hydrogen (secondary N) is 1. The maximum Gasteiger partial charge on any atom is 0.00702 e. The van der Waals surface area contributed by atoms with E-state index >= 15 is 0 Å². The summed E-state index contributed by atoms with van der Waals surface area (Å²) in [6, 6.07) is 9.90. The van der Waals surface area contributed by atoms with Crippen LogP contribution in [0.1, 0.15) is 50.2 Å². The molecule has 0 spiro atoms. The number of aryl methyl sites for hydroxylation is 2. The van der Waals surface area contributed by atoms with Gasteiger partial charge in [0.15, 0.2) is 0 Å². The zero-order valence-electron chi connectivity index (χ0n) is 11.0. The van der Waals surface area contributed by atoms with Crippen LogP contribution in [-0.4, -0.2) is 12.6 Å². The molecule has 0 aliphatic carbocycles. The van der Waals surface area contributed by atoms with Gasteiger partial charge in [-0.1, -0.05) is 44.0 Å². The van der Waals surface area contributed by atoms with Gasteiger partial charge in [-0.2, -0.15) is 0 Å². The highest BCUT2D eigenvalue weighted by Crippen LogP contribution is 2.14. The van der Waals surface area contributed by atoms with Crippen LogP contribution in [0.15, 0.2) is 24.3 Å². The Labute approximate surface area is 106 Å². The average molecular weight is 231 g/mol. The lowest BCUT2D eigenvalue weighted by Crippen LogP contribution is -2.28. The predicted octanol–water partition coefficient (Wildman–Crippen LogP) is 3.71. The highest BCUT2D eigenvalue weighted by Gasteiger charge is 2.10. The highest BCUT2D eigenvalue weighted by molar-refractivity contribution is 5.22. The van der Waals surface area contributed by atoms with Crippen LogP contribution >= 0.6 is 0 Å². The number of benzene rings is 1. The van der Waals surface area contributed by atoms with Crippen molar-refractivity contribution < 1.29 is 0 Å². The summed E-state index contributed by atoms with van der Waals surface area (Å²) in [7, 11) is 0. The second kappa shape index (κ2) is 6.80. The van der Waals surface area contributed by atoms with Gasteiger partial charge >= 0.3 is 0 Å². The van der Waals surface area contributed by atoms with Crippen LogP contribution in [0.2, 0.25) is 0 Å². The Hall–Kier alpha value is -0.820. The summed E-state index contributed by atoms with van der Waals surface area (Å²) in [5, 5.41) is 3.67. The minimum Gasteiger partial charge on any atom is -0.314 e. The van der Waals surface area contributed by atoms with E-state index in [2.05, 4.69) is 36.5 Å². The number of rotatable bonds is 4. The molecule has 1 fully saturated rings. The van der Waals surface area contributed by atoms with E-state index in [4.69, 9.17) is 0 Å². The lowest BCUT2D eigenvalue weighted by atomic mass is 10.0. The van der Waals surface area contributed by atoms with E-state index in [0.717, 1.165) is 12.5 Å². The molecule has 1 atom stereocenters. The minimum absolute atomic E-state index is 0.753. The molecule has 1 aliphatic heterocycles. The Morgan fingerprint density at radius 2 is 1.82 bits per heavy atom. The zero-order valence-corrected chi connectivity index (χ0v) is 11.0. The van der Waals surface area contributed by atoms with Gasteiger partial charge < -0.3 is 5.32 Å². The van der Waals surface area contributed by atoms with Crippen LogP contribution < -0.4 is 5.32 Å². The zero-order chi connectivity index (χ0) is 11.9. The van der Waals surface area contributed by atoms with Gasteiger partial charge in [0.25, 0.3) is 0 Å².